The molecular weight excluding hydrogens is 204 g/mol. The molecule has 16 heavy (non-hydrogen) atoms. The molecule has 4 heteroatoms. The van der Waals surface area contributed by atoms with E-state index in [0.717, 1.165) is 52.1 Å². The first kappa shape index (κ1) is 11.7. The highest BCUT2D eigenvalue weighted by atomic mass is 16.5. The smallest absolute Gasteiger partial charge is 0.317 e. The van der Waals surface area contributed by atoms with Crippen molar-refractivity contribution in [2.75, 3.05) is 32.8 Å². The summed E-state index contributed by atoms with van der Waals surface area (Å²) in [7, 11) is 0. The molecule has 92 valence electrons. The van der Waals surface area contributed by atoms with Crippen molar-refractivity contribution in [3.63, 3.8) is 0 Å². The Kier molecular flexibility index (Phi) is 4.04. The van der Waals surface area contributed by atoms with Crippen LogP contribution in [0.3, 0.4) is 0 Å². The van der Waals surface area contributed by atoms with Crippen LogP contribution in [0.15, 0.2) is 0 Å². The standard InChI is InChI=1S/C12H22N2O2/c1-10-2-5-14(12(15)13-8-10)9-11-3-6-16-7-4-11/h10-11H,2-9H2,1H3,(H,13,15). The van der Waals surface area contributed by atoms with Gasteiger partial charge in [0, 0.05) is 32.8 Å². The Morgan fingerprint density at radius 2 is 2.12 bits per heavy atom. The Balaban J connectivity index is 1.84. The van der Waals surface area contributed by atoms with Crippen molar-refractivity contribution in [3.05, 3.63) is 0 Å². The van der Waals surface area contributed by atoms with Gasteiger partial charge in [-0.15, -0.1) is 0 Å². The topological polar surface area (TPSA) is 41.6 Å². The van der Waals surface area contributed by atoms with Crippen molar-refractivity contribution in [2.45, 2.75) is 26.2 Å². The summed E-state index contributed by atoms with van der Waals surface area (Å²) in [5, 5.41) is 2.99. The van der Waals surface area contributed by atoms with E-state index in [1.54, 1.807) is 0 Å². The first-order valence-corrected chi connectivity index (χ1v) is 6.36. The Morgan fingerprint density at radius 3 is 2.88 bits per heavy atom. The van der Waals surface area contributed by atoms with Crippen LogP contribution >= 0.6 is 0 Å². The fourth-order valence-corrected chi connectivity index (χ4v) is 2.37. The number of nitrogens with zero attached hydrogens (tertiary/aromatic N) is 1. The van der Waals surface area contributed by atoms with E-state index in [-0.39, 0.29) is 6.03 Å². The van der Waals surface area contributed by atoms with Crippen LogP contribution in [-0.4, -0.2) is 43.8 Å². The number of rotatable bonds is 2. The Hall–Kier alpha value is -0.770. The molecule has 0 aromatic carbocycles. The van der Waals surface area contributed by atoms with Crippen LogP contribution in [0.2, 0.25) is 0 Å². The van der Waals surface area contributed by atoms with E-state index in [9.17, 15) is 4.79 Å². The van der Waals surface area contributed by atoms with Gasteiger partial charge in [-0.05, 0) is 31.1 Å². The lowest BCUT2D eigenvalue weighted by atomic mass is 9.99. The summed E-state index contributed by atoms with van der Waals surface area (Å²) in [6.45, 7) is 6.54. The van der Waals surface area contributed by atoms with Crippen LogP contribution in [-0.2, 0) is 4.74 Å². The SMILES string of the molecule is CC1CCN(CC2CCOCC2)C(=O)NC1. The quantitative estimate of drug-likeness (QED) is 0.774. The van der Waals surface area contributed by atoms with Crippen LogP contribution in [0.5, 0.6) is 0 Å². The van der Waals surface area contributed by atoms with Crippen molar-refractivity contribution >= 4 is 6.03 Å². The van der Waals surface area contributed by atoms with Crippen molar-refractivity contribution < 1.29 is 9.53 Å². The molecule has 0 aliphatic carbocycles. The predicted molar refractivity (Wildman–Crippen MR) is 62.3 cm³/mol. The lowest BCUT2D eigenvalue weighted by Gasteiger charge is -2.28. The van der Waals surface area contributed by atoms with Crippen molar-refractivity contribution in [1.82, 2.24) is 10.2 Å². The molecule has 0 saturated carbocycles. The van der Waals surface area contributed by atoms with E-state index in [1.165, 1.54) is 0 Å². The van der Waals surface area contributed by atoms with Gasteiger partial charge in [0.1, 0.15) is 0 Å². The minimum atomic E-state index is 0.121. The number of amides is 2. The molecule has 2 heterocycles. The zero-order valence-corrected chi connectivity index (χ0v) is 10.1. The fourth-order valence-electron chi connectivity index (χ4n) is 2.37. The Bertz CT molecular complexity index is 239. The number of carbonyl (C=O) groups excluding carboxylic acids is 1. The number of nitrogens with one attached hydrogen (secondary N) is 1. The molecule has 0 radical (unpaired) electrons. The van der Waals surface area contributed by atoms with Crippen LogP contribution in [0.25, 0.3) is 0 Å². The normalized spacial score (nSPS) is 28.7. The average Bonchev–Trinajstić information content (AvgIpc) is 2.46. The van der Waals surface area contributed by atoms with Gasteiger partial charge in [-0.25, -0.2) is 4.79 Å². The van der Waals surface area contributed by atoms with Crippen molar-refractivity contribution in [1.29, 1.82) is 0 Å². The molecule has 2 amide bonds. The molecule has 2 fully saturated rings. The second-order valence-electron chi connectivity index (χ2n) is 5.08. The third kappa shape index (κ3) is 3.11. The molecule has 0 aromatic rings. The molecule has 4 nitrogen and oxygen atoms in total. The van der Waals surface area contributed by atoms with E-state index in [2.05, 4.69) is 12.2 Å². The van der Waals surface area contributed by atoms with Crippen LogP contribution in [0.4, 0.5) is 4.79 Å². The minimum absolute atomic E-state index is 0.121. The molecule has 2 rings (SSSR count). The summed E-state index contributed by atoms with van der Waals surface area (Å²) in [5.74, 6) is 1.23. The summed E-state index contributed by atoms with van der Waals surface area (Å²) in [4.78, 5) is 13.8. The molecule has 2 aliphatic rings. The molecule has 0 aromatic heterocycles. The number of ether oxygens (including phenoxy) is 1. The molecule has 0 bridgehead atoms. The maximum Gasteiger partial charge on any atom is 0.317 e. The number of hydrogen-bond acceptors (Lipinski definition) is 2. The van der Waals surface area contributed by atoms with E-state index in [4.69, 9.17) is 4.74 Å². The van der Waals surface area contributed by atoms with Crippen LogP contribution < -0.4 is 5.32 Å². The summed E-state index contributed by atoms with van der Waals surface area (Å²) in [5.41, 5.74) is 0. The molecular formula is C12H22N2O2. The second-order valence-corrected chi connectivity index (χ2v) is 5.08. The lowest BCUT2D eigenvalue weighted by molar-refractivity contribution is 0.0566. The zero-order chi connectivity index (χ0) is 11.4. The van der Waals surface area contributed by atoms with Gasteiger partial charge in [0.25, 0.3) is 0 Å². The average molecular weight is 226 g/mol. The van der Waals surface area contributed by atoms with Gasteiger partial charge in [-0.1, -0.05) is 6.92 Å². The highest BCUT2D eigenvalue weighted by molar-refractivity contribution is 5.74. The third-order valence-electron chi connectivity index (χ3n) is 3.60. The predicted octanol–water partition coefficient (Wildman–Crippen LogP) is 1.46. The number of hydrogen-bond donors (Lipinski definition) is 1. The van der Waals surface area contributed by atoms with Gasteiger partial charge in [0.05, 0.1) is 0 Å². The number of carbonyl (C=O) groups is 1. The first-order chi connectivity index (χ1) is 7.75. The summed E-state index contributed by atoms with van der Waals surface area (Å²) < 4.78 is 5.34. The largest absolute Gasteiger partial charge is 0.381 e. The highest BCUT2D eigenvalue weighted by Crippen LogP contribution is 2.18. The van der Waals surface area contributed by atoms with Crippen molar-refractivity contribution in [2.24, 2.45) is 11.8 Å². The molecule has 2 saturated heterocycles. The van der Waals surface area contributed by atoms with Gasteiger partial charge in [-0.3, -0.25) is 0 Å². The first-order valence-electron chi connectivity index (χ1n) is 6.36. The maximum absolute atomic E-state index is 11.8. The third-order valence-corrected chi connectivity index (χ3v) is 3.60. The van der Waals surface area contributed by atoms with Crippen LogP contribution in [0.1, 0.15) is 26.2 Å². The molecule has 1 atom stereocenters. The molecule has 1 N–H and O–H groups in total. The van der Waals surface area contributed by atoms with Gasteiger partial charge >= 0.3 is 6.03 Å². The monoisotopic (exact) mass is 226 g/mol. The molecule has 1 unspecified atom stereocenters. The fraction of sp³-hybridized carbons (Fsp3) is 0.917. The van der Waals surface area contributed by atoms with E-state index in [0.29, 0.717) is 11.8 Å². The van der Waals surface area contributed by atoms with Crippen molar-refractivity contribution in [3.8, 4) is 0 Å². The summed E-state index contributed by atoms with van der Waals surface area (Å²) in [6, 6.07) is 0.121. The lowest BCUT2D eigenvalue weighted by Crippen LogP contribution is -2.42. The van der Waals surface area contributed by atoms with Gasteiger partial charge in [-0.2, -0.15) is 0 Å². The van der Waals surface area contributed by atoms with Gasteiger partial charge in [0.15, 0.2) is 0 Å². The van der Waals surface area contributed by atoms with E-state index < -0.39 is 0 Å². The molecule has 0 spiro atoms. The van der Waals surface area contributed by atoms with Crippen LogP contribution in [0, 0.1) is 11.8 Å². The number of urea groups is 1. The summed E-state index contributed by atoms with van der Waals surface area (Å²) in [6.07, 6.45) is 3.31. The Morgan fingerprint density at radius 1 is 1.38 bits per heavy atom. The zero-order valence-electron chi connectivity index (χ0n) is 10.1. The molecule has 2 aliphatic heterocycles. The minimum Gasteiger partial charge on any atom is -0.381 e. The Labute approximate surface area is 97.3 Å². The van der Waals surface area contributed by atoms with E-state index >= 15 is 0 Å². The highest BCUT2D eigenvalue weighted by Gasteiger charge is 2.23. The second kappa shape index (κ2) is 5.53. The van der Waals surface area contributed by atoms with Gasteiger partial charge in [0.2, 0.25) is 0 Å². The van der Waals surface area contributed by atoms with Gasteiger partial charge < -0.3 is 15.0 Å². The summed E-state index contributed by atoms with van der Waals surface area (Å²) >= 11 is 0. The van der Waals surface area contributed by atoms with E-state index in [1.807, 2.05) is 4.90 Å². The maximum atomic E-state index is 11.8.